The Hall–Kier alpha value is -3.90. The Labute approximate surface area is 199 Å². The van der Waals surface area contributed by atoms with Gasteiger partial charge in [-0.05, 0) is 54.8 Å². The first-order valence-corrected chi connectivity index (χ1v) is 11.6. The number of nitrogens with zero attached hydrogens (tertiary/aromatic N) is 2. The van der Waals surface area contributed by atoms with Crippen LogP contribution in [0.25, 0.3) is 10.9 Å². The van der Waals surface area contributed by atoms with Crippen LogP contribution in [0, 0.1) is 6.92 Å². The molecule has 1 aliphatic heterocycles. The van der Waals surface area contributed by atoms with Crippen LogP contribution in [-0.4, -0.2) is 40.5 Å². The number of nitrogens with one attached hydrogen (secondary N) is 2. The van der Waals surface area contributed by atoms with Crippen LogP contribution in [0.1, 0.15) is 27.2 Å². The van der Waals surface area contributed by atoms with Gasteiger partial charge in [0, 0.05) is 48.5 Å². The first kappa shape index (κ1) is 21.9. The van der Waals surface area contributed by atoms with Crippen molar-refractivity contribution in [3.63, 3.8) is 0 Å². The highest BCUT2D eigenvalue weighted by Gasteiger charge is 2.16. The third kappa shape index (κ3) is 4.72. The molecule has 6 heteroatoms. The molecule has 2 heterocycles. The minimum Gasteiger partial charge on any atom is -0.506 e. The number of phenolic OH excluding ortho intramolecular Hbond substituents is 1. The van der Waals surface area contributed by atoms with Crippen LogP contribution in [0.15, 0.2) is 72.8 Å². The number of pyridine rings is 1. The Bertz CT molecular complexity index is 1350. The summed E-state index contributed by atoms with van der Waals surface area (Å²) in [7, 11) is 0. The minimum atomic E-state index is -0.156. The number of hydrogen-bond acceptors (Lipinski definition) is 5. The number of aromatic hydroxyl groups is 1. The Balaban J connectivity index is 1.25. The summed E-state index contributed by atoms with van der Waals surface area (Å²) in [4.78, 5) is 19.7. The van der Waals surface area contributed by atoms with Gasteiger partial charge in [0.25, 0.3) is 5.91 Å². The molecule has 0 atom stereocenters. The summed E-state index contributed by atoms with van der Waals surface area (Å²) < 4.78 is 0. The van der Waals surface area contributed by atoms with Gasteiger partial charge < -0.3 is 15.7 Å². The second-order valence-electron chi connectivity index (χ2n) is 8.74. The lowest BCUT2D eigenvalue weighted by molar-refractivity contribution is 0.0947. The predicted octanol–water partition coefficient (Wildman–Crippen LogP) is 4.78. The lowest BCUT2D eigenvalue weighted by atomic mass is 10.00. The molecule has 4 aromatic rings. The molecule has 0 saturated carbocycles. The summed E-state index contributed by atoms with van der Waals surface area (Å²) in [5.41, 5.74) is 6.35. The molecule has 0 spiro atoms. The Kier molecular flexibility index (Phi) is 6.14. The van der Waals surface area contributed by atoms with E-state index in [1.807, 2.05) is 37.3 Å². The van der Waals surface area contributed by atoms with Gasteiger partial charge in [-0.1, -0.05) is 42.5 Å². The Morgan fingerprint density at radius 1 is 1.00 bits per heavy atom. The first-order valence-electron chi connectivity index (χ1n) is 11.6. The summed E-state index contributed by atoms with van der Waals surface area (Å²) in [6.07, 6.45) is 1.04. The number of phenols is 1. The maximum Gasteiger partial charge on any atom is 0.251 e. The van der Waals surface area contributed by atoms with Gasteiger partial charge in [-0.25, -0.2) is 0 Å². The number of aromatic nitrogens is 1. The average molecular weight is 453 g/mol. The fraction of sp³-hybridized carbons (Fsp3) is 0.214. The number of rotatable bonds is 6. The molecule has 1 aromatic heterocycles. The van der Waals surface area contributed by atoms with Crippen molar-refractivity contribution in [3.8, 4) is 5.75 Å². The number of amides is 1. The molecular weight excluding hydrogens is 424 g/mol. The monoisotopic (exact) mass is 452 g/mol. The highest BCUT2D eigenvalue weighted by atomic mass is 16.3. The van der Waals surface area contributed by atoms with Gasteiger partial charge in [-0.2, -0.15) is 0 Å². The SMILES string of the molecule is Cc1cc(Nc2cc(C(=O)NCCN3CCc4ccccc4C3)ccc2O)c2ccccc2n1. The summed E-state index contributed by atoms with van der Waals surface area (Å²) in [6, 6.07) is 23.2. The normalized spacial score (nSPS) is 13.4. The maximum atomic E-state index is 12.8. The highest BCUT2D eigenvalue weighted by Crippen LogP contribution is 2.31. The van der Waals surface area contributed by atoms with Gasteiger partial charge in [0.2, 0.25) is 0 Å². The average Bonchev–Trinajstić information content (AvgIpc) is 2.85. The highest BCUT2D eigenvalue weighted by molar-refractivity contribution is 5.97. The molecule has 0 saturated heterocycles. The summed E-state index contributed by atoms with van der Waals surface area (Å²) in [5.74, 6) is -0.0710. The van der Waals surface area contributed by atoms with Crippen LogP contribution in [-0.2, 0) is 13.0 Å². The van der Waals surface area contributed by atoms with Crippen LogP contribution >= 0.6 is 0 Å². The summed E-state index contributed by atoms with van der Waals surface area (Å²) in [5, 5.41) is 17.7. The fourth-order valence-corrected chi connectivity index (χ4v) is 4.51. The van der Waals surface area contributed by atoms with Crippen molar-refractivity contribution in [3.05, 3.63) is 95.2 Å². The molecule has 3 aromatic carbocycles. The van der Waals surface area contributed by atoms with Crippen molar-refractivity contribution in [2.45, 2.75) is 19.9 Å². The van der Waals surface area contributed by atoms with Crippen molar-refractivity contribution >= 4 is 28.2 Å². The largest absolute Gasteiger partial charge is 0.506 e. The van der Waals surface area contributed by atoms with Crippen molar-refractivity contribution < 1.29 is 9.90 Å². The number of para-hydroxylation sites is 1. The van der Waals surface area contributed by atoms with E-state index in [1.54, 1.807) is 18.2 Å². The number of benzene rings is 3. The number of aryl methyl sites for hydroxylation is 1. The molecule has 0 bridgehead atoms. The van der Waals surface area contributed by atoms with E-state index in [1.165, 1.54) is 11.1 Å². The molecule has 3 N–H and O–H groups in total. The number of fused-ring (bicyclic) bond motifs is 2. The van der Waals surface area contributed by atoms with Crippen LogP contribution in [0.5, 0.6) is 5.75 Å². The smallest absolute Gasteiger partial charge is 0.251 e. The van der Waals surface area contributed by atoms with E-state index in [-0.39, 0.29) is 11.7 Å². The number of anilines is 2. The van der Waals surface area contributed by atoms with Gasteiger partial charge in [-0.3, -0.25) is 14.7 Å². The topological polar surface area (TPSA) is 77.5 Å². The van der Waals surface area contributed by atoms with Crippen molar-refractivity contribution in [1.82, 2.24) is 15.2 Å². The van der Waals surface area contributed by atoms with Gasteiger partial charge >= 0.3 is 0 Å². The molecule has 0 radical (unpaired) electrons. The molecule has 0 aliphatic carbocycles. The third-order valence-corrected chi connectivity index (χ3v) is 6.30. The van der Waals surface area contributed by atoms with Gasteiger partial charge in [-0.15, -0.1) is 0 Å². The van der Waals surface area contributed by atoms with E-state index in [9.17, 15) is 9.90 Å². The molecular formula is C28H28N4O2. The van der Waals surface area contributed by atoms with E-state index >= 15 is 0 Å². The van der Waals surface area contributed by atoms with E-state index in [4.69, 9.17) is 0 Å². The van der Waals surface area contributed by atoms with Crippen molar-refractivity contribution in [2.24, 2.45) is 0 Å². The molecule has 172 valence electrons. The molecule has 1 amide bonds. The lowest BCUT2D eigenvalue weighted by Gasteiger charge is -2.28. The van der Waals surface area contributed by atoms with Crippen LogP contribution in [0.3, 0.4) is 0 Å². The van der Waals surface area contributed by atoms with E-state index in [0.717, 1.165) is 48.3 Å². The molecule has 1 aliphatic rings. The van der Waals surface area contributed by atoms with Gasteiger partial charge in [0.05, 0.1) is 11.2 Å². The number of hydrogen-bond donors (Lipinski definition) is 3. The zero-order valence-electron chi connectivity index (χ0n) is 19.2. The zero-order valence-corrected chi connectivity index (χ0v) is 19.2. The summed E-state index contributed by atoms with van der Waals surface area (Å²) in [6.45, 7) is 5.21. The number of carbonyl (C=O) groups is 1. The third-order valence-electron chi connectivity index (χ3n) is 6.30. The lowest BCUT2D eigenvalue weighted by Crippen LogP contribution is -2.37. The van der Waals surface area contributed by atoms with Crippen LogP contribution in [0.2, 0.25) is 0 Å². The van der Waals surface area contributed by atoms with Crippen molar-refractivity contribution in [2.75, 3.05) is 25.0 Å². The minimum absolute atomic E-state index is 0.0853. The zero-order chi connectivity index (χ0) is 23.5. The molecule has 5 rings (SSSR count). The van der Waals surface area contributed by atoms with Crippen LogP contribution in [0.4, 0.5) is 11.4 Å². The van der Waals surface area contributed by atoms with Gasteiger partial charge in [0.1, 0.15) is 5.75 Å². The molecule has 0 unspecified atom stereocenters. The second kappa shape index (κ2) is 9.53. The molecule has 34 heavy (non-hydrogen) atoms. The summed E-state index contributed by atoms with van der Waals surface area (Å²) >= 11 is 0. The first-order chi connectivity index (χ1) is 16.6. The molecule has 6 nitrogen and oxygen atoms in total. The van der Waals surface area contributed by atoms with Gasteiger partial charge in [0.15, 0.2) is 0 Å². The maximum absolute atomic E-state index is 12.8. The Morgan fingerprint density at radius 2 is 1.79 bits per heavy atom. The van der Waals surface area contributed by atoms with Crippen LogP contribution < -0.4 is 10.6 Å². The Morgan fingerprint density at radius 3 is 2.68 bits per heavy atom. The molecule has 0 fully saturated rings. The predicted molar refractivity (Wildman–Crippen MR) is 136 cm³/mol. The van der Waals surface area contributed by atoms with E-state index in [0.29, 0.717) is 17.8 Å². The van der Waals surface area contributed by atoms with E-state index in [2.05, 4.69) is 44.8 Å². The fourth-order valence-electron chi connectivity index (χ4n) is 4.51. The van der Waals surface area contributed by atoms with Crippen molar-refractivity contribution in [1.29, 1.82) is 0 Å². The van der Waals surface area contributed by atoms with E-state index < -0.39 is 0 Å². The number of carbonyl (C=O) groups excluding carboxylic acids is 1. The second-order valence-corrected chi connectivity index (χ2v) is 8.74. The standard InChI is InChI=1S/C28H28N4O2/c1-19-16-25(23-8-4-5-9-24(23)30-19)31-26-17-21(10-11-27(26)33)28(34)29-13-15-32-14-12-20-6-2-3-7-22(20)18-32/h2-11,16-17,33H,12-15,18H2,1H3,(H,29,34)(H,30,31). The quantitative estimate of drug-likeness (QED) is 0.367.